The molecule has 0 radical (unpaired) electrons. The summed E-state index contributed by atoms with van der Waals surface area (Å²) in [6.45, 7) is 0.740. The van der Waals surface area contributed by atoms with Gasteiger partial charge in [0.15, 0.2) is 0 Å². The molecule has 0 bridgehead atoms. The molecule has 1 aromatic heterocycles. The van der Waals surface area contributed by atoms with Crippen molar-refractivity contribution >= 4 is 56.6 Å². The average molecular weight is 600 g/mol. The number of likely N-dealkylation sites (N-methyl/N-ethyl adjacent to an activating group) is 1. The molecule has 0 saturated carbocycles. The predicted molar refractivity (Wildman–Crippen MR) is 156 cm³/mol. The number of aromatic nitrogens is 1. The summed E-state index contributed by atoms with van der Waals surface area (Å²) in [5, 5.41) is 5.41. The molecule has 0 aliphatic carbocycles. The van der Waals surface area contributed by atoms with Crippen molar-refractivity contribution in [3.05, 3.63) is 112 Å². The monoisotopic (exact) mass is 599 g/mol. The maximum Gasteiger partial charge on any atom is 0.313 e. The zero-order chi connectivity index (χ0) is 28.2. The Bertz CT molecular complexity index is 1610. The minimum atomic E-state index is -0.819. The van der Waals surface area contributed by atoms with Crippen molar-refractivity contribution in [1.82, 2.24) is 9.88 Å². The minimum absolute atomic E-state index is 0.150. The van der Waals surface area contributed by atoms with Crippen LogP contribution in [0.4, 0.5) is 17.1 Å². The average Bonchev–Trinajstić information content (AvgIpc) is 3.59. The molecule has 9 nitrogen and oxygen atoms in total. The Hall–Kier alpha value is -4.70. The molecule has 4 aromatic rings. The Kier molecular flexibility index (Phi) is 7.79. The van der Waals surface area contributed by atoms with E-state index < -0.39 is 11.8 Å². The molecule has 5 rings (SSSR count). The van der Waals surface area contributed by atoms with Crippen molar-refractivity contribution < 1.29 is 19.2 Å². The quantitative estimate of drug-likeness (QED) is 0.275. The lowest BCUT2D eigenvalue weighted by Gasteiger charge is -2.19. The van der Waals surface area contributed by atoms with E-state index in [1.807, 2.05) is 24.3 Å². The lowest BCUT2D eigenvalue weighted by Crippen LogP contribution is -2.36. The Labute approximate surface area is 239 Å². The van der Waals surface area contributed by atoms with Crippen LogP contribution in [0.15, 0.2) is 89.5 Å². The molecule has 0 spiro atoms. The number of fused-ring (bicyclic) bond motifs is 1. The van der Waals surface area contributed by atoms with Crippen LogP contribution in [0.25, 0.3) is 0 Å². The number of nitrogens with one attached hydrogen (secondary N) is 3. The van der Waals surface area contributed by atoms with Crippen molar-refractivity contribution in [3.8, 4) is 0 Å². The number of H-pyrrole nitrogens is 1. The van der Waals surface area contributed by atoms with Crippen LogP contribution in [0.3, 0.4) is 0 Å². The zero-order valence-corrected chi connectivity index (χ0v) is 23.2. The van der Waals surface area contributed by atoms with Crippen molar-refractivity contribution in [2.45, 2.75) is 13.0 Å². The summed E-state index contributed by atoms with van der Waals surface area (Å²) in [6, 6.07) is 23.1. The van der Waals surface area contributed by atoms with E-state index in [-0.39, 0.29) is 18.4 Å². The van der Waals surface area contributed by atoms with Crippen molar-refractivity contribution in [2.75, 3.05) is 29.1 Å². The minimum Gasteiger partial charge on any atom is -0.356 e. The van der Waals surface area contributed by atoms with E-state index in [1.54, 1.807) is 65.7 Å². The number of halogens is 1. The third-order valence-corrected chi connectivity index (χ3v) is 7.00. The molecule has 1 aliphatic heterocycles. The fourth-order valence-electron chi connectivity index (χ4n) is 4.58. The summed E-state index contributed by atoms with van der Waals surface area (Å²) < 4.78 is 0.764. The molecule has 4 amide bonds. The van der Waals surface area contributed by atoms with Gasteiger partial charge in [0.2, 0.25) is 0 Å². The Morgan fingerprint density at radius 1 is 0.925 bits per heavy atom. The molecule has 10 heteroatoms. The summed E-state index contributed by atoms with van der Waals surface area (Å²) >= 11 is 3.30. The number of anilines is 3. The van der Waals surface area contributed by atoms with Gasteiger partial charge in [-0.05, 0) is 75.9 Å². The topological polar surface area (TPSA) is 115 Å². The van der Waals surface area contributed by atoms with Crippen LogP contribution >= 0.6 is 15.9 Å². The number of rotatable bonds is 6. The van der Waals surface area contributed by atoms with Crippen LogP contribution in [-0.4, -0.2) is 47.1 Å². The number of para-hydroxylation sites is 1. The van der Waals surface area contributed by atoms with Gasteiger partial charge < -0.3 is 25.4 Å². The number of carbonyl (C=O) groups is 4. The highest BCUT2D eigenvalue weighted by Gasteiger charge is 2.26. The van der Waals surface area contributed by atoms with E-state index in [0.717, 1.165) is 27.7 Å². The maximum atomic E-state index is 13.2. The Balaban J connectivity index is 1.20. The fourth-order valence-corrected chi connectivity index (χ4v) is 4.93. The second kappa shape index (κ2) is 11.6. The number of benzene rings is 3. The standard InChI is InChI=1S/C30H26BrN5O4/c1-35(18-19-6-4-9-23(14-19)33-27(37)25-16-22(31)17-32-25)30(40)28(38)34-24-10-5-8-21(15-24)29(39)36-13-12-20-7-2-3-11-26(20)36/h2-11,14-17,32H,12-13,18H2,1H3,(H,33,37)(H,34,38). The summed E-state index contributed by atoms with van der Waals surface area (Å²) in [4.78, 5) is 57.1. The van der Waals surface area contributed by atoms with Crippen molar-refractivity contribution in [2.24, 2.45) is 0 Å². The van der Waals surface area contributed by atoms with Crippen molar-refractivity contribution in [3.63, 3.8) is 0 Å². The number of hydrogen-bond donors (Lipinski definition) is 3. The van der Waals surface area contributed by atoms with Gasteiger partial charge in [-0.25, -0.2) is 0 Å². The van der Waals surface area contributed by atoms with E-state index in [0.29, 0.717) is 29.2 Å². The SMILES string of the molecule is CN(Cc1cccc(NC(=O)c2cc(Br)c[nH]2)c1)C(=O)C(=O)Nc1cccc(C(=O)N2CCc3ccccc32)c1. The lowest BCUT2D eigenvalue weighted by atomic mass is 10.1. The molecule has 40 heavy (non-hydrogen) atoms. The molecule has 0 saturated heterocycles. The summed E-state index contributed by atoms with van der Waals surface area (Å²) in [5.41, 5.74) is 4.47. The van der Waals surface area contributed by atoms with Crippen LogP contribution in [0, 0.1) is 0 Å². The first-order valence-electron chi connectivity index (χ1n) is 12.6. The molecule has 202 valence electrons. The molecular formula is C30H26BrN5O4. The third kappa shape index (κ3) is 5.97. The fraction of sp³-hybridized carbons (Fsp3) is 0.133. The van der Waals surface area contributed by atoms with Gasteiger partial charge in [0, 0.05) is 53.4 Å². The van der Waals surface area contributed by atoms with E-state index in [9.17, 15) is 19.2 Å². The number of aromatic amines is 1. The van der Waals surface area contributed by atoms with Gasteiger partial charge in [-0.15, -0.1) is 0 Å². The summed E-state index contributed by atoms with van der Waals surface area (Å²) in [7, 11) is 1.52. The number of amides is 4. The number of nitrogens with zero attached hydrogens (tertiary/aromatic N) is 2. The van der Waals surface area contributed by atoms with Crippen LogP contribution in [0.5, 0.6) is 0 Å². The first kappa shape index (κ1) is 26.9. The molecule has 3 aromatic carbocycles. The third-order valence-electron chi connectivity index (χ3n) is 6.54. The smallest absolute Gasteiger partial charge is 0.313 e. The normalized spacial score (nSPS) is 12.0. The lowest BCUT2D eigenvalue weighted by molar-refractivity contribution is -0.142. The highest BCUT2D eigenvalue weighted by Crippen LogP contribution is 2.29. The number of hydrogen-bond acceptors (Lipinski definition) is 4. The second-order valence-electron chi connectivity index (χ2n) is 9.42. The molecule has 1 aliphatic rings. The first-order chi connectivity index (χ1) is 19.3. The van der Waals surface area contributed by atoms with Gasteiger partial charge >= 0.3 is 11.8 Å². The summed E-state index contributed by atoms with van der Waals surface area (Å²) in [6.07, 6.45) is 2.46. The van der Waals surface area contributed by atoms with E-state index >= 15 is 0 Å². The molecule has 0 fully saturated rings. The van der Waals surface area contributed by atoms with Crippen LogP contribution < -0.4 is 15.5 Å². The van der Waals surface area contributed by atoms with Gasteiger partial charge in [-0.3, -0.25) is 19.2 Å². The van der Waals surface area contributed by atoms with Gasteiger partial charge in [0.05, 0.1) is 0 Å². The van der Waals surface area contributed by atoms with Gasteiger partial charge in [0.25, 0.3) is 11.8 Å². The van der Waals surface area contributed by atoms with E-state index in [1.165, 1.54) is 11.9 Å². The Morgan fingerprint density at radius 3 is 2.45 bits per heavy atom. The molecule has 3 N–H and O–H groups in total. The maximum absolute atomic E-state index is 13.2. The largest absolute Gasteiger partial charge is 0.356 e. The highest BCUT2D eigenvalue weighted by atomic mass is 79.9. The summed E-state index contributed by atoms with van der Waals surface area (Å²) in [5.74, 6) is -2.03. The van der Waals surface area contributed by atoms with Crippen LogP contribution in [-0.2, 0) is 22.6 Å². The Morgan fingerprint density at radius 2 is 1.68 bits per heavy atom. The molecule has 0 unspecified atom stereocenters. The molecule has 0 atom stereocenters. The van der Waals surface area contributed by atoms with E-state index in [4.69, 9.17) is 0 Å². The van der Waals surface area contributed by atoms with Crippen molar-refractivity contribution in [1.29, 1.82) is 0 Å². The predicted octanol–water partition coefficient (Wildman–Crippen LogP) is 4.83. The van der Waals surface area contributed by atoms with Gasteiger partial charge in [-0.2, -0.15) is 0 Å². The first-order valence-corrected chi connectivity index (χ1v) is 13.4. The molecular weight excluding hydrogens is 574 g/mol. The van der Waals surface area contributed by atoms with Gasteiger partial charge in [0.1, 0.15) is 5.69 Å². The van der Waals surface area contributed by atoms with E-state index in [2.05, 4.69) is 31.5 Å². The van der Waals surface area contributed by atoms with Gasteiger partial charge in [-0.1, -0.05) is 36.4 Å². The van der Waals surface area contributed by atoms with Crippen LogP contribution in [0.1, 0.15) is 32.0 Å². The molecule has 2 heterocycles. The van der Waals surface area contributed by atoms with Crippen LogP contribution in [0.2, 0.25) is 0 Å². The zero-order valence-electron chi connectivity index (χ0n) is 21.6. The second-order valence-corrected chi connectivity index (χ2v) is 10.3. The number of carbonyl (C=O) groups excluding carboxylic acids is 4. The highest BCUT2D eigenvalue weighted by molar-refractivity contribution is 9.10.